The van der Waals surface area contributed by atoms with E-state index in [1.165, 1.54) is 16.2 Å². The molecule has 0 unspecified atom stereocenters. The van der Waals surface area contributed by atoms with Gasteiger partial charge in [0.2, 0.25) is 0 Å². The summed E-state index contributed by atoms with van der Waals surface area (Å²) >= 11 is 1.40. The van der Waals surface area contributed by atoms with E-state index in [9.17, 15) is 19.8 Å². The van der Waals surface area contributed by atoms with Crippen LogP contribution in [0, 0.1) is 0 Å². The molecule has 4 aromatic rings. The largest absolute Gasteiger partial charge is 0.380 e. The Bertz CT molecular complexity index is 1340. The SMILES string of the molecule is C[C@H](c1cccc2ccccc12)N(C)C(=O)[C@H](O)[C@@H](O)C(=O)NCc1nc(Cc2ccccc2)cs1. The summed E-state index contributed by atoms with van der Waals surface area (Å²) in [6.07, 6.45) is -3.11. The Balaban J connectivity index is 1.34. The third-order valence-corrected chi connectivity index (χ3v) is 7.16. The van der Waals surface area contributed by atoms with Gasteiger partial charge in [-0.3, -0.25) is 9.59 Å². The van der Waals surface area contributed by atoms with Gasteiger partial charge in [0.25, 0.3) is 11.8 Å². The van der Waals surface area contributed by atoms with Crippen LogP contribution in [0.4, 0.5) is 0 Å². The highest BCUT2D eigenvalue weighted by molar-refractivity contribution is 7.09. The van der Waals surface area contributed by atoms with Gasteiger partial charge in [0.15, 0.2) is 12.2 Å². The Labute approximate surface area is 214 Å². The third-order valence-electron chi connectivity index (χ3n) is 6.26. The third kappa shape index (κ3) is 5.79. The number of fused-ring (bicyclic) bond motifs is 1. The maximum Gasteiger partial charge on any atom is 0.254 e. The number of hydrogen-bond acceptors (Lipinski definition) is 6. The van der Waals surface area contributed by atoms with Gasteiger partial charge in [0.1, 0.15) is 5.01 Å². The molecule has 0 bridgehead atoms. The summed E-state index contributed by atoms with van der Waals surface area (Å²) in [6, 6.07) is 23.2. The Morgan fingerprint density at radius 2 is 1.67 bits per heavy atom. The van der Waals surface area contributed by atoms with Crippen LogP contribution < -0.4 is 5.32 Å². The van der Waals surface area contributed by atoms with Crippen molar-refractivity contribution in [1.29, 1.82) is 0 Å². The highest BCUT2D eigenvalue weighted by Crippen LogP contribution is 2.28. The summed E-state index contributed by atoms with van der Waals surface area (Å²) in [7, 11) is 1.55. The molecule has 2 amide bonds. The van der Waals surface area contributed by atoms with Crippen LogP contribution in [-0.2, 0) is 22.6 Å². The molecule has 0 fully saturated rings. The van der Waals surface area contributed by atoms with Gasteiger partial charge in [-0.05, 0) is 28.8 Å². The molecule has 3 aromatic carbocycles. The molecule has 0 spiro atoms. The minimum Gasteiger partial charge on any atom is -0.380 e. The smallest absolute Gasteiger partial charge is 0.254 e. The summed E-state index contributed by atoms with van der Waals surface area (Å²) in [5.74, 6) is -1.57. The first kappa shape index (κ1) is 25.5. The lowest BCUT2D eigenvalue weighted by atomic mass is 9.98. The number of rotatable bonds is 9. The molecule has 36 heavy (non-hydrogen) atoms. The van der Waals surface area contributed by atoms with Crippen LogP contribution in [0.2, 0.25) is 0 Å². The number of aliphatic hydroxyl groups is 2. The number of nitrogens with one attached hydrogen (secondary N) is 1. The van der Waals surface area contributed by atoms with E-state index in [2.05, 4.69) is 10.3 Å². The number of thiazole rings is 1. The summed E-state index contributed by atoms with van der Waals surface area (Å²) in [5, 5.41) is 28.1. The van der Waals surface area contributed by atoms with E-state index in [1.54, 1.807) is 7.05 Å². The summed E-state index contributed by atoms with van der Waals surface area (Å²) in [5.41, 5.74) is 2.93. The molecule has 3 atom stereocenters. The molecule has 4 rings (SSSR count). The number of nitrogens with zero attached hydrogens (tertiary/aromatic N) is 2. The van der Waals surface area contributed by atoms with Crippen molar-refractivity contribution < 1.29 is 19.8 Å². The second-order valence-corrected chi connectivity index (χ2v) is 9.64. The zero-order valence-corrected chi connectivity index (χ0v) is 21.0. The van der Waals surface area contributed by atoms with Crippen molar-refractivity contribution in [1.82, 2.24) is 15.2 Å². The number of likely N-dealkylation sites (N-methyl/N-ethyl adjacent to an activating group) is 1. The molecular weight excluding hydrogens is 474 g/mol. The van der Waals surface area contributed by atoms with Crippen molar-refractivity contribution in [2.45, 2.75) is 38.1 Å². The Morgan fingerprint density at radius 3 is 2.44 bits per heavy atom. The fourth-order valence-electron chi connectivity index (χ4n) is 4.08. The van der Waals surface area contributed by atoms with Crippen LogP contribution in [0.3, 0.4) is 0 Å². The number of hydrogen-bond donors (Lipinski definition) is 3. The first-order valence-corrected chi connectivity index (χ1v) is 12.6. The van der Waals surface area contributed by atoms with Crippen molar-refractivity contribution in [3.63, 3.8) is 0 Å². The number of carbonyl (C=O) groups is 2. The number of carbonyl (C=O) groups excluding carboxylic acids is 2. The molecule has 1 aromatic heterocycles. The van der Waals surface area contributed by atoms with E-state index in [0.717, 1.165) is 27.6 Å². The molecule has 7 nitrogen and oxygen atoms in total. The number of aliphatic hydroxyl groups excluding tert-OH is 2. The normalized spacial score (nSPS) is 13.7. The maximum absolute atomic E-state index is 12.9. The highest BCUT2D eigenvalue weighted by atomic mass is 32.1. The second-order valence-electron chi connectivity index (χ2n) is 8.70. The molecule has 3 N–H and O–H groups in total. The van der Waals surface area contributed by atoms with E-state index in [4.69, 9.17) is 0 Å². The molecule has 0 aliphatic carbocycles. The quantitative estimate of drug-likeness (QED) is 0.325. The van der Waals surface area contributed by atoms with Crippen LogP contribution in [0.25, 0.3) is 10.8 Å². The standard InChI is InChI=1S/C28H29N3O4S/c1-18(22-14-8-12-20-11-6-7-13-23(20)22)31(2)28(35)26(33)25(32)27(34)29-16-24-30-21(17-36-24)15-19-9-4-3-5-10-19/h3-14,17-18,25-26,32-33H,15-16H2,1-2H3,(H,29,34)/t18-,25-,26-/m1/s1. The zero-order chi connectivity index (χ0) is 25.7. The van der Waals surface area contributed by atoms with Gasteiger partial charge in [0.05, 0.1) is 18.3 Å². The zero-order valence-electron chi connectivity index (χ0n) is 20.2. The van der Waals surface area contributed by atoms with E-state index < -0.39 is 24.0 Å². The minimum absolute atomic E-state index is 0.0957. The molecule has 0 saturated carbocycles. The Hall–Kier alpha value is -3.59. The van der Waals surface area contributed by atoms with E-state index in [-0.39, 0.29) is 12.6 Å². The average Bonchev–Trinajstić information content (AvgIpc) is 3.36. The molecule has 0 aliphatic heterocycles. The van der Waals surface area contributed by atoms with Gasteiger partial charge in [-0.25, -0.2) is 4.98 Å². The molecule has 186 valence electrons. The molecule has 1 heterocycles. The van der Waals surface area contributed by atoms with Crippen LogP contribution >= 0.6 is 11.3 Å². The van der Waals surface area contributed by atoms with Gasteiger partial charge >= 0.3 is 0 Å². The highest BCUT2D eigenvalue weighted by Gasteiger charge is 2.34. The monoisotopic (exact) mass is 503 g/mol. The first-order valence-electron chi connectivity index (χ1n) is 11.7. The lowest BCUT2D eigenvalue weighted by Gasteiger charge is -2.29. The molecule has 0 aliphatic rings. The molecule has 0 saturated heterocycles. The first-order chi connectivity index (χ1) is 17.3. The van der Waals surface area contributed by atoms with Crippen LogP contribution in [0.15, 0.2) is 78.2 Å². The predicted octanol–water partition coefficient (Wildman–Crippen LogP) is 3.44. The van der Waals surface area contributed by atoms with Crippen molar-refractivity contribution in [2.24, 2.45) is 0 Å². The van der Waals surface area contributed by atoms with Crippen LogP contribution in [0.1, 0.15) is 34.8 Å². The minimum atomic E-state index is -1.90. The van der Waals surface area contributed by atoms with Gasteiger partial charge in [-0.15, -0.1) is 11.3 Å². The number of aromatic nitrogens is 1. The van der Waals surface area contributed by atoms with Crippen molar-refractivity contribution in [3.05, 3.63) is 100 Å². The summed E-state index contributed by atoms with van der Waals surface area (Å²) in [4.78, 5) is 31.3. The lowest BCUT2D eigenvalue weighted by Crippen LogP contribution is -2.50. The Morgan fingerprint density at radius 1 is 0.972 bits per heavy atom. The van der Waals surface area contributed by atoms with Gasteiger partial charge in [-0.2, -0.15) is 0 Å². The predicted molar refractivity (Wildman–Crippen MR) is 140 cm³/mol. The fraction of sp³-hybridized carbons (Fsp3) is 0.250. The molecular formula is C28H29N3O4S. The van der Waals surface area contributed by atoms with Gasteiger partial charge in [-0.1, -0.05) is 72.8 Å². The topological polar surface area (TPSA) is 103 Å². The van der Waals surface area contributed by atoms with Gasteiger partial charge in [0, 0.05) is 18.8 Å². The maximum atomic E-state index is 12.9. The average molecular weight is 504 g/mol. The van der Waals surface area contributed by atoms with Crippen LogP contribution in [-0.4, -0.2) is 51.2 Å². The fourth-order valence-corrected chi connectivity index (χ4v) is 4.82. The summed E-state index contributed by atoms with van der Waals surface area (Å²) < 4.78 is 0. The Kier molecular flexibility index (Phi) is 8.10. The van der Waals surface area contributed by atoms with Crippen molar-refractivity contribution in [3.8, 4) is 0 Å². The number of amides is 2. The van der Waals surface area contributed by atoms with E-state index in [0.29, 0.717) is 11.4 Å². The van der Waals surface area contributed by atoms with Crippen molar-refractivity contribution in [2.75, 3.05) is 7.05 Å². The van der Waals surface area contributed by atoms with Crippen molar-refractivity contribution >= 4 is 33.9 Å². The molecule has 8 heteroatoms. The van der Waals surface area contributed by atoms with E-state index >= 15 is 0 Å². The van der Waals surface area contributed by atoms with E-state index in [1.807, 2.05) is 85.1 Å². The molecule has 0 radical (unpaired) electrons. The lowest BCUT2D eigenvalue weighted by molar-refractivity contribution is -0.153. The summed E-state index contributed by atoms with van der Waals surface area (Å²) in [6.45, 7) is 1.94. The van der Waals surface area contributed by atoms with Gasteiger partial charge < -0.3 is 20.4 Å². The number of benzene rings is 3. The second kappa shape index (κ2) is 11.4. The van der Waals surface area contributed by atoms with Crippen LogP contribution in [0.5, 0.6) is 0 Å².